The first-order valence-electron chi connectivity index (χ1n) is 7.52. The van der Waals surface area contributed by atoms with Gasteiger partial charge in [0.05, 0.1) is 26.4 Å². The molecule has 2 rings (SSSR count). The van der Waals surface area contributed by atoms with Gasteiger partial charge in [0.1, 0.15) is 12.4 Å². The number of ether oxygens (including phenoxy) is 3. The minimum absolute atomic E-state index is 0.0451. The number of anilines is 2. The lowest BCUT2D eigenvalue weighted by Crippen LogP contribution is -2.38. The molecular weight excluding hydrogens is 328 g/mol. The van der Waals surface area contributed by atoms with Crippen LogP contribution in [0.1, 0.15) is 12.5 Å². The fourth-order valence-electron chi connectivity index (χ4n) is 2.49. The van der Waals surface area contributed by atoms with E-state index in [1.807, 2.05) is 6.92 Å². The highest BCUT2D eigenvalue weighted by atomic mass is 16.5. The first-order valence-corrected chi connectivity index (χ1v) is 7.52. The van der Waals surface area contributed by atoms with Crippen molar-refractivity contribution in [2.75, 3.05) is 37.8 Å². The van der Waals surface area contributed by atoms with E-state index < -0.39 is 11.9 Å². The summed E-state index contributed by atoms with van der Waals surface area (Å²) in [5.41, 5.74) is 2.23. The van der Waals surface area contributed by atoms with Crippen molar-refractivity contribution in [3.8, 4) is 0 Å². The number of esters is 2. The first-order chi connectivity index (χ1) is 11.9. The molecule has 0 bridgehead atoms. The lowest BCUT2D eigenvalue weighted by atomic mass is 10.1. The quantitative estimate of drug-likeness (QED) is 0.821. The Labute approximate surface area is 145 Å². The summed E-state index contributed by atoms with van der Waals surface area (Å²) in [7, 11) is 2.47. The molecule has 1 amide bonds. The zero-order chi connectivity index (χ0) is 18.6. The highest BCUT2D eigenvalue weighted by molar-refractivity contribution is 6.03. The van der Waals surface area contributed by atoms with Crippen molar-refractivity contribution in [1.82, 2.24) is 0 Å². The molecule has 1 aliphatic rings. The standard InChI is InChI=1S/C17H20N2O6/c1-10-7-12(5-6-14(10)18-11(2)20)19-9-25-8-13(16(21)23-3)15(19)17(22)24-4/h5-7H,8-9H2,1-4H3,(H,18,20). The van der Waals surface area contributed by atoms with Crippen LogP contribution in [-0.4, -0.2) is 45.4 Å². The van der Waals surface area contributed by atoms with Crippen LogP contribution in [0.5, 0.6) is 0 Å². The van der Waals surface area contributed by atoms with E-state index in [2.05, 4.69) is 5.32 Å². The predicted molar refractivity (Wildman–Crippen MR) is 89.8 cm³/mol. The lowest BCUT2D eigenvalue weighted by molar-refractivity contribution is -0.140. The van der Waals surface area contributed by atoms with Crippen molar-refractivity contribution in [1.29, 1.82) is 0 Å². The number of hydrogen-bond donors (Lipinski definition) is 1. The van der Waals surface area contributed by atoms with Crippen molar-refractivity contribution in [3.05, 3.63) is 35.0 Å². The lowest BCUT2D eigenvalue weighted by Gasteiger charge is -2.31. The Bertz CT molecular complexity index is 741. The average Bonchev–Trinajstić information content (AvgIpc) is 2.61. The Morgan fingerprint density at radius 1 is 1.16 bits per heavy atom. The Morgan fingerprint density at radius 2 is 1.84 bits per heavy atom. The molecule has 1 aromatic carbocycles. The summed E-state index contributed by atoms with van der Waals surface area (Å²) in [5.74, 6) is -1.50. The number of methoxy groups -OCH3 is 2. The smallest absolute Gasteiger partial charge is 0.355 e. The average molecular weight is 348 g/mol. The molecule has 8 heteroatoms. The van der Waals surface area contributed by atoms with Crippen LogP contribution >= 0.6 is 0 Å². The summed E-state index contributed by atoms with van der Waals surface area (Å²) in [4.78, 5) is 37.0. The predicted octanol–water partition coefficient (Wildman–Crippen LogP) is 1.35. The fraction of sp³-hybridized carbons (Fsp3) is 0.353. The molecule has 1 aromatic rings. The highest BCUT2D eigenvalue weighted by Crippen LogP contribution is 2.29. The van der Waals surface area contributed by atoms with Gasteiger partial charge in [-0.05, 0) is 30.7 Å². The van der Waals surface area contributed by atoms with E-state index >= 15 is 0 Å². The Morgan fingerprint density at radius 3 is 2.40 bits per heavy atom. The largest absolute Gasteiger partial charge is 0.466 e. The molecule has 0 unspecified atom stereocenters. The van der Waals surface area contributed by atoms with Gasteiger partial charge in [-0.25, -0.2) is 9.59 Å². The van der Waals surface area contributed by atoms with E-state index in [1.165, 1.54) is 26.0 Å². The van der Waals surface area contributed by atoms with Crippen molar-refractivity contribution in [3.63, 3.8) is 0 Å². The number of nitrogens with one attached hydrogen (secondary N) is 1. The van der Waals surface area contributed by atoms with Crippen LogP contribution in [0.3, 0.4) is 0 Å². The molecule has 0 saturated carbocycles. The molecule has 0 spiro atoms. The second kappa shape index (κ2) is 7.80. The van der Waals surface area contributed by atoms with Gasteiger partial charge in [-0.15, -0.1) is 0 Å². The number of carbonyl (C=O) groups is 3. The molecule has 25 heavy (non-hydrogen) atoms. The summed E-state index contributed by atoms with van der Waals surface area (Å²) in [6.07, 6.45) is 0. The van der Waals surface area contributed by atoms with Crippen molar-refractivity contribution in [2.45, 2.75) is 13.8 Å². The topological polar surface area (TPSA) is 94.2 Å². The van der Waals surface area contributed by atoms with Crippen LogP contribution in [-0.2, 0) is 28.6 Å². The maximum Gasteiger partial charge on any atom is 0.355 e. The molecule has 0 fully saturated rings. The maximum absolute atomic E-state index is 12.2. The number of carbonyl (C=O) groups excluding carboxylic acids is 3. The molecule has 0 radical (unpaired) electrons. The minimum atomic E-state index is -0.660. The number of aryl methyl sites for hydroxylation is 1. The molecule has 0 atom stereocenters. The molecule has 8 nitrogen and oxygen atoms in total. The second-order valence-electron chi connectivity index (χ2n) is 5.40. The van der Waals surface area contributed by atoms with E-state index in [0.717, 1.165) is 5.56 Å². The van der Waals surface area contributed by atoms with Gasteiger partial charge in [0.2, 0.25) is 5.91 Å². The zero-order valence-corrected chi connectivity index (χ0v) is 14.5. The number of hydrogen-bond acceptors (Lipinski definition) is 7. The second-order valence-corrected chi connectivity index (χ2v) is 5.40. The summed E-state index contributed by atoms with van der Waals surface area (Å²) >= 11 is 0. The molecule has 1 aliphatic heterocycles. The Balaban J connectivity index is 2.48. The van der Waals surface area contributed by atoms with E-state index in [1.54, 1.807) is 18.2 Å². The van der Waals surface area contributed by atoms with E-state index in [-0.39, 0.29) is 30.5 Å². The van der Waals surface area contributed by atoms with E-state index in [9.17, 15) is 14.4 Å². The summed E-state index contributed by atoms with van der Waals surface area (Å²) in [6, 6.07) is 5.20. The molecule has 134 valence electrons. The Hall–Kier alpha value is -2.87. The van der Waals surface area contributed by atoms with E-state index in [4.69, 9.17) is 14.2 Å². The van der Waals surface area contributed by atoms with Gasteiger partial charge in [0.25, 0.3) is 0 Å². The third-order valence-corrected chi connectivity index (χ3v) is 3.67. The number of benzene rings is 1. The van der Waals surface area contributed by atoms with Crippen LogP contribution in [0, 0.1) is 6.92 Å². The molecule has 1 heterocycles. The van der Waals surface area contributed by atoms with Gasteiger partial charge in [-0.3, -0.25) is 4.79 Å². The van der Waals surface area contributed by atoms with Crippen LogP contribution in [0.15, 0.2) is 29.5 Å². The fourth-order valence-corrected chi connectivity index (χ4v) is 2.49. The number of amides is 1. The van der Waals surface area contributed by atoms with E-state index in [0.29, 0.717) is 11.4 Å². The van der Waals surface area contributed by atoms with Crippen LogP contribution in [0.2, 0.25) is 0 Å². The molecular formula is C17H20N2O6. The van der Waals surface area contributed by atoms with Gasteiger partial charge in [0.15, 0.2) is 0 Å². The molecule has 0 aromatic heterocycles. The van der Waals surface area contributed by atoms with Gasteiger partial charge in [-0.2, -0.15) is 0 Å². The molecule has 0 saturated heterocycles. The monoisotopic (exact) mass is 348 g/mol. The normalized spacial score (nSPS) is 14.2. The van der Waals surface area contributed by atoms with Crippen molar-refractivity contribution >= 4 is 29.2 Å². The molecule has 0 aliphatic carbocycles. The van der Waals surface area contributed by atoms with Gasteiger partial charge in [-0.1, -0.05) is 0 Å². The summed E-state index contributed by atoms with van der Waals surface area (Å²) < 4.78 is 15.0. The summed E-state index contributed by atoms with van der Waals surface area (Å²) in [5, 5.41) is 2.72. The first kappa shape index (κ1) is 18.5. The Kier molecular flexibility index (Phi) is 5.76. The summed E-state index contributed by atoms with van der Waals surface area (Å²) in [6.45, 7) is 3.27. The highest BCUT2D eigenvalue weighted by Gasteiger charge is 2.32. The van der Waals surface area contributed by atoms with Gasteiger partial charge < -0.3 is 24.4 Å². The molecule has 1 N–H and O–H groups in total. The van der Waals surface area contributed by atoms with Gasteiger partial charge >= 0.3 is 11.9 Å². The van der Waals surface area contributed by atoms with Crippen LogP contribution < -0.4 is 10.2 Å². The third kappa shape index (κ3) is 3.97. The van der Waals surface area contributed by atoms with Crippen LogP contribution in [0.25, 0.3) is 0 Å². The minimum Gasteiger partial charge on any atom is -0.466 e. The number of rotatable bonds is 4. The van der Waals surface area contributed by atoms with Crippen molar-refractivity contribution in [2.24, 2.45) is 0 Å². The van der Waals surface area contributed by atoms with Crippen LogP contribution in [0.4, 0.5) is 11.4 Å². The number of nitrogens with zero attached hydrogens (tertiary/aromatic N) is 1. The van der Waals surface area contributed by atoms with Crippen molar-refractivity contribution < 1.29 is 28.6 Å². The maximum atomic E-state index is 12.2. The zero-order valence-electron chi connectivity index (χ0n) is 14.5. The third-order valence-electron chi connectivity index (χ3n) is 3.67. The van der Waals surface area contributed by atoms with Gasteiger partial charge in [0, 0.05) is 18.3 Å². The SMILES string of the molecule is COC(=O)C1=C(C(=O)OC)N(c2ccc(NC(C)=O)c(C)c2)COC1.